The highest BCUT2D eigenvalue weighted by Crippen LogP contribution is 2.43. The summed E-state index contributed by atoms with van der Waals surface area (Å²) in [6.45, 7) is 2.12. The van der Waals surface area contributed by atoms with Crippen molar-refractivity contribution in [3.63, 3.8) is 0 Å². The van der Waals surface area contributed by atoms with Gasteiger partial charge >= 0.3 is 0 Å². The molecule has 0 spiro atoms. The van der Waals surface area contributed by atoms with E-state index in [9.17, 15) is 4.91 Å². The number of hydrogen-bond donors (Lipinski definition) is 0. The van der Waals surface area contributed by atoms with Crippen molar-refractivity contribution in [2.24, 2.45) is 12.2 Å². The summed E-state index contributed by atoms with van der Waals surface area (Å²) in [5.41, 5.74) is 4.98. The molecule has 1 aromatic carbocycles. The van der Waals surface area contributed by atoms with Crippen molar-refractivity contribution in [2.75, 3.05) is 0 Å². The average molecular weight is 265 g/mol. The lowest BCUT2D eigenvalue weighted by molar-refractivity contribution is 0.638. The van der Waals surface area contributed by atoms with Crippen LogP contribution in [0.5, 0.6) is 0 Å². The van der Waals surface area contributed by atoms with E-state index in [2.05, 4.69) is 24.2 Å². The maximum absolute atomic E-state index is 10.9. The zero-order valence-electron chi connectivity index (χ0n) is 11.5. The summed E-state index contributed by atoms with van der Waals surface area (Å²) in [6, 6.07) is 11.9. The highest BCUT2D eigenvalue weighted by atomic mass is 16.3. The first-order valence-electron chi connectivity index (χ1n) is 6.68. The second kappa shape index (κ2) is 4.61. The molecule has 0 aliphatic heterocycles. The van der Waals surface area contributed by atoms with E-state index < -0.39 is 0 Å². The monoisotopic (exact) mass is 265 g/mol. The minimum absolute atomic E-state index is 0.211. The van der Waals surface area contributed by atoms with Gasteiger partial charge in [-0.05, 0) is 47.2 Å². The number of hydrogen-bond acceptors (Lipinski definition) is 3. The third kappa shape index (κ3) is 1.75. The van der Waals surface area contributed by atoms with E-state index in [-0.39, 0.29) is 6.04 Å². The number of rotatable bonds is 2. The van der Waals surface area contributed by atoms with Crippen LogP contribution in [0.2, 0.25) is 0 Å². The van der Waals surface area contributed by atoms with Gasteiger partial charge in [-0.1, -0.05) is 24.2 Å². The lowest BCUT2D eigenvalue weighted by Gasteiger charge is -2.09. The smallest absolute Gasteiger partial charge is 0.120 e. The molecule has 1 aliphatic rings. The minimum atomic E-state index is -0.211. The summed E-state index contributed by atoms with van der Waals surface area (Å²) in [5, 5.41) is 12.2. The fourth-order valence-corrected chi connectivity index (χ4v) is 3.07. The van der Waals surface area contributed by atoms with Crippen LogP contribution in [0.15, 0.2) is 35.5 Å². The maximum Gasteiger partial charge on any atom is 0.120 e. The SMILES string of the molecule is CC1CC(N=O)c2ccc(-c3ccc(C#N)n3C)cc21. The fraction of sp³-hybridized carbons (Fsp3) is 0.312. The normalized spacial score (nSPS) is 20.4. The molecule has 2 aromatic rings. The van der Waals surface area contributed by atoms with Crippen molar-refractivity contribution in [3.8, 4) is 17.3 Å². The third-order valence-corrected chi connectivity index (χ3v) is 4.21. The number of benzene rings is 1. The van der Waals surface area contributed by atoms with Crippen LogP contribution in [0.4, 0.5) is 0 Å². The van der Waals surface area contributed by atoms with Crippen LogP contribution < -0.4 is 0 Å². The van der Waals surface area contributed by atoms with E-state index in [1.807, 2.05) is 35.9 Å². The molecule has 1 aliphatic carbocycles. The van der Waals surface area contributed by atoms with Crippen molar-refractivity contribution in [2.45, 2.75) is 25.3 Å². The van der Waals surface area contributed by atoms with Gasteiger partial charge in [0.25, 0.3) is 0 Å². The Morgan fingerprint density at radius 2 is 2.10 bits per heavy atom. The Hall–Kier alpha value is -2.41. The molecule has 0 fully saturated rings. The molecule has 0 bridgehead atoms. The summed E-state index contributed by atoms with van der Waals surface area (Å²) in [5.74, 6) is 0.350. The molecule has 0 saturated carbocycles. The Morgan fingerprint density at radius 1 is 1.30 bits per heavy atom. The number of aromatic nitrogens is 1. The molecule has 4 nitrogen and oxygen atoms in total. The molecule has 2 unspecified atom stereocenters. The van der Waals surface area contributed by atoms with Gasteiger partial charge in [-0.25, -0.2) is 0 Å². The van der Waals surface area contributed by atoms with Gasteiger partial charge in [-0.2, -0.15) is 10.2 Å². The molecule has 2 atom stereocenters. The second-order valence-corrected chi connectivity index (χ2v) is 5.38. The number of fused-ring (bicyclic) bond motifs is 1. The lowest BCUT2D eigenvalue weighted by Crippen LogP contribution is -1.96. The average Bonchev–Trinajstić information content (AvgIpc) is 2.99. The van der Waals surface area contributed by atoms with E-state index in [4.69, 9.17) is 5.26 Å². The summed E-state index contributed by atoms with van der Waals surface area (Å²) in [7, 11) is 1.89. The zero-order valence-corrected chi connectivity index (χ0v) is 11.5. The van der Waals surface area contributed by atoms with Crippen molar-refractivity contribution in [1.82, 2.24) is 4.57 Å². The van der Waals surface area contributed by atoms with Gasteiger partial charge in [0.2, 0.25) is 0 Å². The molecule has 1 heterocycles. The summed E-state index contributed by atoms with van der Waals surface area (Å²) in [4.78, 5) is 10.9. The molecule has 0 N–H and O–H groups in total. The lowest BCUT2D eigenvalue weighted by atomic mass is 9.99. The molecular weight excluding hydrogens is 250 g/mol. The van der Waals surface area contributed by atoms with E-state index in [1.54, 1.807) is 0 Å². The molecule has 20 heavy (non-hydrogen) atoms. The van der Waals surface area contributed by atoms with E-state index in [0.717, 1.165) is 23.2 Å². The highest BCUT2D eigenvalue weighted by Gasteiger charge is 2.29. The predicted molar refractivity (Wildman–Crippen MR) is 77.1 cm³/mol. The fourth-order valence-electron chi connectivity index (χ4n) is 3.07. The molecule has 1 aromatic heterocycles. The zero-order chi connectivity index (χ0) is 14.3. The van der Waals surface area contributed by atoms with Gasteiger partial charge in [0, 0.05) is 12.7 Å². The number of nitriles is 1. The maximum atomic E-state index is 10.9. The van der Waals surface area contributed by atoms with Crippen molar-refractivity contribution < 1.29 is 0 Å². The number of nitrogens with zero attached hydrogens (tertiary/aromatic N) is 3. The minimum Gasteiger partial charge on any atom is -0.335 e. The van der Waals surface area contributed by atoms with Gasteiger partial charge in [0.15, 0.2) is 0 Å². The van der Waals surface area contributed by atoms with Gasteiger partial charge < -0.3 is 4.57 Å². The van der Waals surface area contributed by atoms with Crippen LogP contribution >= 0.6 is 0 Å². The summed E-state index contributed by atoms with van der Waals surface area (Å²) in [6.07, 6.45) is 0.791. The van der Waals surface area contributed by atoms with Crippen LogP contribution in [0.25, 0.3) is 11.3 Å². The van der Waals surface area contributed by atoms with E-state index in [1.165, 1.54) is 5.56 Å². The predicted octanol–water partition coefficient (Wildman–Crippen LogP) is 3.88. The molecule has 3 rings (SSSR count). The molecule has 0 saturated heterocycles. The van der Waals surface area contributed by atoms with E-state index >= 15 is 0 Å². The topological polar surface area (TPSA) is 58.1 Å². The standard InChI is InChI=1S/C16H15N3O/c1-10-7-15(18-20)13-5-3-11(8-14(10)13)16-6-4-12(9-17)19(16)2/h3-6,8,10,15H,7H2,1-2H3. The molecule has 4 heteroatoms. The quantitative estimate of drug-likeness (QED) is 0.774. The molecule has 0 amide bonds. The van der Waals surface area contributed by atoms with E-state index in [0.29, 0.717) is 11.6 Å². The first-order chi connectivity index (χ1) is 9.65. The van der Waals surface area contributed by atoms with Crippen LogP contribution in [0.3, 0.4) is 0 Å². The van der Waals surface area contributed by atoms with Crippen LogP contribution in [-0.2, 0) is 7.05 Å². The van der Waals surface area contributed by atoms with Crippen molar-refractivity contribution in [3.05, 3.63) is 52.1 Å². The highest BCUT2D eigenvalue weighted by molar-refractivity contribution is 5.64. The number of nitroso groups, excluding NO2 is 1. The molecule has 0 radical (unpaired) electrons. The van der Waals surface area contributed by atoms with Gasteiger partial charge in [0.05, 0.1) is 0 Å². The Morgan fingerprint density at radius 3 is 2.75 bits per heavy atom. The molecule has 100 valence electrons. The Labute approximate surface area is 117 Å². The first-order valence-corrected chi connectivity index (χ1v) is 6.68. The Kier molecular flexibility index (Phi) is 2.90. The third-order valence-electron chi connectivity index (χ3n) is 4.21. The summed E-state index contributed by atoms with van der Waals surface area (Å²) >= 11 is 0. The van der Waals surface area contributed by atoms with Gasteiger partial charge in [0.1, 0.15) is 17.8 Å². The van der Waals surface area contributed by atoms with Crippen LogP contribution in [0, 0.1) is 16.2 Å². The van der Waals surface area contributed by atoms with Gasteiger partial charge in [-0.3, -0.25) is 0 Å². The second-order valence-electron chi connectivity index (χ2n) is 5.38. The first kappa shape index (κ1) is 12.6. The summed E-state index contributed by atoms with van der Waals surface area (Å²) < 4.78 is 1.89. The largest absolute Gasteiger partial charge is 0.335 e. The molecular formula is C16H15N3O. The van der Waals surface area contributed by atoms with Crippen LogP contribution in [-0.4, -0.2) is 4.57 Å². The van der Waals surface area contributed by atoms with Crippen LogP contribution in [0.1, 0.15) is 42.1 Å². The Balaban J connectivity index is 2.10. The Bertz CT molecular complexity index is 724. The van der Waals surface area contributed by atoms with Crippen molar-refractivity contribution >= 4 is 0 Å². The van der Waals surface area contributed by atoms with Crippen molar-refractivity contribution in [1.29, 1.82) is 5.26 Å². The van der Waals surface area contributed by atoms with Gasteiger partial charge in [-0.15, -0.1) is 0 Å².